The van der Waals surface area contributed by atoms with Gasteiger partial charge in [0.05, 0.1) is 22.7 Å². The predicted molar refractivity (Wildman–Crippen MR) is 101 cm³/mol. The fraction of sp³-hybridized carbons (Fsp3) is 0.500. The van der Waals surface area contributed by atoms with Crippen molar-refractivity contribution in [2.45, 2.75) is 38.6 Å². The molecule has 0 heterocycles. The van der Waals surface area contributed by atoms with Crippen LogP contribution in [0.4, 0.5) is 4.79 Å². The van der Waals surface area contributed by atoms with Crippen molar-refractivity contribution in [3.05, 3.63) is 27.7 Å². The van der Waals surface area contributed by atoms with Gasteiger partial charge in [-0.2, -0.15) is 0 Å². The zero-order chi connectivity index (χ0) is 20.0. The van der Waals surface area contributed by atoms with E-state index in [0.29, 0.717) is 5.92 Å². The van der Waals surface area contributed by atoms with Crippen LogP contribution >= 0.6 is 23.2 Å². The standard InChI is InChI=1S/C18H22Cl2N2O5/c1-10-5-3-4-6-14(10)21-18(25)22-15(23)9-27-17(24)11-7-12(19)16(26-2)13(20)8-11/h7-8,10,14H,3-6,9H2,1-2H3,(H2,21,22,23,25)/t10-,14-/m0/s1. The highest BCUT2D eigenvalue weighted by Gasteiger charge is 2.23. The summed E-state index contributed by atoms with van der Waals surface area (Å²) in [5, 5.41) is 5.23. The SMILES string of the molecule is COc1c(Cl)cc(C(=O)OCC(=O)NC(=O)N[C@H]2CCCC[C@@H]2C)cc1Cl. The van der Waals surface area contributed by atoms with Gasteiger partial charge in [0.25, 0.3) is 5.91 Å². The molecule has 3 amide bonds. The Bertz CT molecular complexity index is 703. The average molecular weight is 417 g/mol. The van der Waals surface area contributed by atoms with Gasteiger partial charge in [-0.3, -0.25) is 10.1 Å². The van der Waals surface area contributed by atoms with Crippen LogP contribution in [0.2, 0.25) is 10.0 Å². The van der Waals surface area contributed by atoms with Gasteiger partial charge < -0.3 is 14.8 Å². The summed E-state index contributed by atoms with van der Waals surface area (Å²) in [7, 11) is 1.40. The van der Waals surface area contributed by atoms with E-state index in [9.17, 15) is 14.4 Å². The van der Waals surface area contributed by atoms with Gasteiger partial charge in [-0.1, -0.05) is 43.0 Å². The fourth-order valence-corrected chi connectivity index (χ4v) is 3.63. The minimum atomic E-state index is -0.794. The van der Waals surface area contributed by atoms with Crippen LogP contribution in [0, 0.1) is 5.92 Å². The summed E-state index contributed by atoms with van der Waals surface area (Å²) >= 11 is 11.9. The molecule has 0 saturated heterocycles. The number of halogens is 2. The lowest BCUT2D eigenvalue weighted by atomic mass is 9.86. The molecule has 2 atom stereocenters. The number of carbonyl (C=O) groups excluding carboxylic acids is 3. The van der Waals surface area contributed by atoms with Gasteiger partial charge in [0, 0.05) is 6.04 Å². The summed E-state index contributed by atoms with van der Waals surface area (Å²) in [5.74, 6) is -0.920. The molecule has 0 aromatic heterocycles. The van der Waals surface area contributed by atoms with Gasteiger partial charge in [0.1, 0.15) is 0 Å². The first kappa shape index (κ1) is 21.3. The number of ether oxygens (including phenoxy) is 2. The number of hydrogen-bond acceptors (Lipinski definition) is 5. The van der Waals surface area contributed by atoms with Crippen molar-refractivity contribution in [3.63, 3.8) is 0 Å². The summed E-state index contributed by atoms with van der Waals surface area (Å²) < 4.78 is 9.89. The molecule has 2 N–H and O–H groups in total. The van der Waals surface area contributed by atoms with Gasteiger partial charge >= 0.3 is 12.0 Å². The summed E-state index contributed by atoms with van der Waals surface area (Å²) in [5.41, 5.74) is 0.0686. The monoisotopic (exact) mass is 416 g/mol. The van der Waals surface area contributed by atoms with E-state index in [1.807, 2.05) is 0 Å². The zero-order valence-corrected chi connectivity index (χ0v) is 16.7. The lowest BCUT2D eigenvalue weighted by Gasteiger charge is -2.29. The highest BCUT2D eigenvalue weighted by molar-refractivity contribution is 6.37. The third-order valence-corrected chi connectivity index (χ3v) is 5.01. The van der Waals surface area contributed by atoms with Gasteiger partial charge in [-0.15, -0.1) is 0 Å². The normalized spacial score (nSPS) is 19.1. The van der Waals surface area contributed by atoms with E-state index >= 15 is 0 Å². The summed E-state index contributed by atoms with van der Waals surface area (Å²) in [6.07, 6.45) is 4.13. The maximum absolute atomic E-state index is 12.0. The zero-order valence-electron chi connectivity index (χ0n) is 15.1. The lowest BCUT2D eigenvalue weighted by Crippen LogP contribution is -2.48. The summed E-state index contributed by atoms with van der Waals surface area (Å²) in [6, 6.07) is 2.09. The number of imide groups is 1. The molecule has 1 fully saturated rings. The second kappa shape index (κ2) is 9.80. The van der Waals surface area contributed by atoms with Crippen LogP contribution in [-0.4, -0.2) is 37.7 Å². The number of rotatable bonds is 5. The minimum Gasteiger partial charge on any atom is -0.494 e. The first-order valence-electron chi connectivity index (χ1n) is 8.62. The number of carbonyl (C=O) groups is 3. The Hall–Kier alpha value is -1.99. The van der Waals surface area contributed by atoms with E-state index in [4.69, 9.17) is 32.7 Å². The van der Waals surface area contributed by atoms with Crippen LogP contribution in [0.15, 0.2) is 12.1 Å². The van der Waals surface area contributed by atoms with E-state index in [2.05, 4.69) is 17.6 Å². The molecule has 1 aromatic carbocycles. The van der Waals surface area contributed by atoms with Crippen LogP contribution in [0.3, 0.4) is 0 Å². The van der Waals surface area contributed by atoms with Gasteiger partial charge in [-0.05, 0) is 30.9 Å². The summed E-state index contributed by atoms with van der Waals surface area (Å²) in [6.45, 7) is 1.46. The third kappa shape index (κ3) is 6.01. The molecule has 0 spiro atoms. The number of nitrogens with one attached hydrogen (secondary N) is 2. The Kier molecular flexibility index (Phi) is 7.74. The Balaban J connectivity index is 1.82. The molecule has 0 aliphatic heterocycles. The van der Waals surface area contributed by atoms with E-state index in [0.717, 1.165) is 25.7 Å². The second-order valence-corrected chi connectivity index (χ2v) is 7.25. The first-order chi connectivity index (χ1) is 12.8. The van der Waals surface area contributed by atoms with Gasteiger partial charge in [0.15, 0.2) is 12.4 Å². The quantitative estimate of drug-likeness (QED) is 0.715. The molecule has 0 unspecified atom stereocenters. The molecule has 1 saturated carbocycles. The van der Waals surface area contributed by atoms with E-state index in [1.165, 1.54) is 19.2 Å². The third-order valence-electron chi connectivity index (χ3n) is 4.45. The predicted octanol–water partition coefficient (Wildman–Crippen LogP) is 3.56. The van der Waals surface area contributed by atoms with Gasteiger partial charge in [-0.25, -0.2) is 9.59 Å². The number of methoxy groups -OCH3 is 1. The van der Waals surface area contributed by atoms with Gasteiger partial charge in [0.2, 0.25) is 0 Å². The number of benzene rings is 1. The van der Waals surface area contributed by atoms with Crippen molar-refractivity contribution in [2.24, 2.45) is 5.92 Å². The van der Waals surface area contributed by atoms with Crippen molar-refractivity contribution in [1.82, 2.24) is 10.6 Å². The Morgan fingerprint density at radius 3 is 2.37 bits per heavy atom. The van der Waals surface area contributed by atoms with Crippen molar-refractivity contribution < 1.29 is 23.9 Å². The average Bonchev–Trinajstić information content (AvgIpc) is 2.61. The molecule has 0 bridgehead atoms. The highest BCUT2D eigenvalue weighted by atomic mass is 35.5. The molecule has 1 aliphatic carbocycles. The van der Waals surface area contributed by atoms with Crippen LogP contribution in [-0.2, 0) is 9.53 Å². The fourth-order valence-electron chi connectivity index (χ4n) is 2.99. The van der Waals surface area contributed by atoms with Crippen LogP contribution in [0.25, 0.3) is 0 Å². The Labute approximate surface area is 167 Å². The number of amides is 3. The lowest BCUT2D eigenvalue weighted by molar-refractivity contribution is -0.123. The molecule has 1 aromatic rings. The Morgan fingerprint density at radius 2 is 1.78 bits per heavy atom. The highest BCUT2D eigenvalue weighted by Crippen LogP contribution is 2.34. The molecule has 27 heavy (non-hydrogen) atoms. The largest absolute Gasteiger partial charge is 0.494 e. The van der Waals surface area contributed by atoms with Crippen molar-refractivity contribution >= 4 is 41.1 Å². The van der Waals surface area contributed by atoms with Crippen LogP contribution < -0.4 is 15.4 Å². The topological polar surface area (TPSA) is 93.7 Å². The minimum absolute atomic E-state index is 0.0395. The smallest absolute Gasteiger partial charge is 0.338 e. The van der Waals surface area contributed by atoms with Crippen molar-refractivity contribution in [1.29, 1.82) is 0 Å². The molecule has 9 heteroatoms. The Morgan fingerprint density at radius 1 is 1.15 bits per heavy atom. The molecule has 7 nitrogen and oxygen atoms in total. The molecular weight excluding hydrogens is 395 g/mol. The number of esters is 1. The van der Waals surface area contributed by atoms with E-state index in [1.54, 1.807) is 0 Å². The van der Waals surface area contributed by atoms with E-state index < -0.39 is 24.5 Å². The first-order valence-corrected chi connectivity index (χ1v) is 9.38. The maximum atomic E-state index is 12.0. The van der Waals surface area contributed by atoms with Crippen molar-refractivity contribution in [2.75, 3.05) is 13.7 Å². The van der Waals surface area contributed by atoms with Crippen LogP contribution in [0.5, 0.6) is 5.75 Å². The molecule has 0 radical (unpaired) electrons. The maximum Gasteiger partial charge on any atom is 0.338 e. The van der Waals surface area contributed by atoms with Crippen molar-refractivity contribution in [3.8, 4) is 5.75 Å². The molecule has 1 aliphatic rings. The molecule has 2 rings (SSSR count). The number of hydrogen-bond donors (Lipinski definition) is 2. The molecular formula is C18H22Cl2N2O5. The molecule has 148 valence electrons. The van der Waals surface area contributed by atoms with Crippen LogP contribution in [0.1, 0.15) is 43.0 Å². The van der Waals surface area contributed by atoms with E-state index in [-0.39, 0.29) is 27.4 Å². The summed E-state index contributed by atoms with van der Waals surface area (Å²) in [4.78, 5) is 35.8. The second-order valence-electron chi connectivity index (χ2n) is 6.44. The number of urea groups is 1.